The van der Waals surface area contributed by atoms with E-state index in [0.717, 1.165) is 0 Å². The fraction of sp³-hybridized carbons (Fsp3) is 0.231. The minimum atomic E-state index is -0.570. The van der Waals surface area contributed by atoms with E-state index in [-0.39, 0.29) is 17.5 Å². The first-order valence-electron chi connectivity index (χ1n) is 5.88. The number of rotatable bonds is 4. The molecule has 1 atom stereocenters. The Morgan fingerprint density at radius 3 is 2.85 bits per heavy atom. The van der Waals surface area contributed by atoms with Gasteiger partial charge in [-0.05, 0) is 30.7 Å². The van der Waals surface area contributed by atoms with Crippen LogP contribution in [0.2, 0.25) is 10.0 Å². The van der Waals surface area contributed by atoms with Crippen LogP contribution in [0.25, 0.3) is 0 Å². The molecular weight excluding hydrogens is 304 g/mol. The molecule has 0 spiro atoms. The fourth-order valence-corrected chi connectivity index (χ4v) is 2.32. The van der Waals surface area contributed by atoms with Gasteiger partial charge in [0.25, 0.3) is 0 Å². The predicted octanol–water partition coefficient (Wildman–Crippen LogP) is 3.21. The third-order valence-electron chi connectivity index (χ3n) is 2.75. The summed E-state index contributed by atoms with van der Waals surface area (Å²) in [4.78, 5) is 11.8. The first-order chi connectivity index (χ1) is 9.47. The molecule has 20 heavy (non-hydrogen) atoms. The van der Waals surface area contributed by atoms with Gasteiger partial charge in [-0.15, -0.1) is 0 Å². The summed E-state index contributed by atoms with van der Waals surface area (Å²) in [5.41, 5.74) is 0.474. The summed E-state index contributed by atoms with van der Waals surface area (Å²) in [5.74, 6) is -0.813. The van der Waals surface area contributed by atoms with Crippen LogP contribution in [0.4, 0.5) is 4.39 Å². The molecule has 0 aliphatic rings. The molecule has 2 rings (SSSR count). The lowest BCUT2D eigenvalue weighted by molar-refractivity contribution is -0.122. The molecule has 1 aromatic heterocycles. The van der Waals surface area contributed by atoms with Crippen molar-refractivity contribution in [2.75, 3.05) is 0 Å². The molecule has 1 unspecified atom stereocenters. The molecule has 1 aromatic carbocycles. The minimum Gasteiger partial charge on any atom is -0.348 e. The Balaban J connectivity index is 2.06. The lowest BCUT2D eigenvalue weighted by Crippen LogP contribution is -2.30. The average Bonchev–Trinajstić information content (AvgIpc) is 2.86. The number of hydrogen-bond donors (Lipinski definition) is 1. The van der Waals surface area contributed by atoms with Gasteiger partial charge in [0.15, 0.2) is 0 Å². The SMILES string of the molecule is CC(NC(=O)Cn1cccn1)c1cc(F)c(Cl)cc1Cl. The van der Waals surface area contributed by atoms with Crippen LogP contribution < -0.4 is 5.32 Å². The van der Waals surface area contributed by atoms with Crippen molar-refractivity contribution in [2.45, 2.75) is 19.5 Å². The minimum absolute atomic E-state index is 0.0474. The monoisotopic (exact) mass is 315 g/mol. The van der Waals surface area contributed by atoms with Gasteiger partial charge in [-0.3, -0.25) is 9.48 Å². The third-order valence-corrected chi connectivity index (χ3v) is 3.37. The van der Waals surface area contributed by atoms with Gasteiger partial charge < -0.3 is 5.32 Å². The first-order valence-corrected chi connectivity index (χ1v) is 6.64. The smallest absolute Gasteiger partial charge is 0.242 e. The standard InChI is InChI=1S/C13H12Cl2FN3O/c1-8(9-5-12(16)11(15)6-10(9)14)18-13(20)7-19-4-2-3-17-19/h2-6,8H,7H2,1H3,(H,18,20). The van der Waals surface area contributed by atoms with Crippen LogP contribution in [0.5, 0.6) is 0 Å². The largest absolute Gasteiger partial charge is 0.348 e. The average molecular weight is 316 g/mol. The predicted molar refractivity (Wildman–Crippen MR) is 75.2 cm³/mol. The van der Waals surface area contributed by atoms with Gasteiger partial charge in [0.05, 0.1) is 11.1 Å². The second-order valence-electron chi connectivity index (χ2n) is 4.28. The second-order valence-corrected chi connectivity index (χ2v) is 5.10. The Morgan fingerprint density at radius 1 is 1.45 bits per heavy atom. The molecule has 4 nitrogen and oxygen atoms in total. The highest BCUT2D eigenvalue weighted by Gasteiger charge is 2.15. The summed E-state index contributed by atoms with van der Waals surface area (Å²) >= 11 is 11.6. The number of halogens is 3. The molecule has 1 amide bonds. The number of benzene rings is 1. The number of nitrogens with one attached hydrogen (secondary N) is 1. The summed E-state index contributed by atoms with van der Waals surface area (Å²) in [7, 11) is 0. The molecule has 0 aliphatic carbocycles. The van der Waals surface area contributed by atoms with Crippen molar-refractivity contribution in [1.29, 1.82) is 0 Å². The highest BCUT2D eigenvalue weighted by atomic mass is 35.5. The van der Waals surface area contributed by atoms with Crippen LogP contribution >= 0.6 is 23.2 Å². The van der Waals surface area contributed by atoms with Crippen LogP contribution in [0, 0.1) is 5.82 Å². The molecule has 0 fully saturated rings. The lowest BCUT2D eigenvalue weighted by Gasteiger charge is -2.16. The Kier molecular flexibility index (Phi) is 4.62. The van der Waals surface area contributed by atoms with Crippen molar-refractivity contribution in [3.63, 3.8) is 0 Å². The molecule has 0 bridgehead atoms. The number of aromatic nitrogens is 2. The molecule has 2 aromatic rings. The quantitative estimate of drug-likeness (QED) is 0.881. The number of hydrogen-bond acceptors (Lipinski definition) is 2. The van der Waals surface area contributed by atoms with Crippen molar-refractivity contribution < 1.29 is 9.18 Å². The van der Waals surface area contributed by atoms with E-state index in [4.69, 9.17) is 23.2 Å². The summed E-state index contributed by atoms with van der Waals surface area (Å²) in [6.07, 6.45) is 3.27. The van der Waals surface area contributed by atoms with Gasteiger partial charge >= 0.3 is 0 Å². The number of carbonyl (C=O) groups is 1. The molecule has 106 valence electrons. The van der Waals surface area contributed by atoms with E-state index in [1.165, 1.54) is 16.8 Å². The van der Waals surface area contributed by atoms with Gasteiger partial charge in [0, 0.05) is 17.4 Å². The van der Waals surface area contributed by atoms with E-state index in [1.807, 2.05) is 0 Å². The molecule has 0 saturated carbocycles. The van der Waals surface area contributed by atoms with Crippen molar-refractivity contribution >= 4 is 29.1 Å². The molecular formula is C13H12Cl2FN3O. The Bertz CT molecular complexity index is 616. The van der Waals surface area contributed by atoms with Crippen molar-refractivity contribution in [3.8, 4) is 0 Å². The summed E-state index contributed by atoms with van der Waals surface area (Å²) in [6.45, 7) is 1.81. The topological polar surface area (TPSA) is 46.9 Å². The van der Waals surface area contributed by atoms with Gasteiger partial charge in [0.1, 0.15) is 12.4 Å². The van der Waals surface area contributed by atoms with Crippen LogP contribution in [-0.2, 0) is 11.3 Å². The summed E-state index contributed by atoms with van der Waals surface area (Å²) in [5, 5.41) is 6.92. The maximum atomic E-state index is 13.4. The molecule has 0 saturated heterocycles. The van der Waals surface area contributed by atoms with Gasteiger partial charge in [-0.1, -0.05) is 23.2 Å². The molecule has 1 heterocycles. The van der Waals surface area contributed by atoms with E-state index in [0.29, 0.717) is 10.6 Å². The zero-order valence-corrected chi connectivity index (χ0v) is 12.1. The van der Waals surface area contributed by atoms with Crippen molar-refractivity contribution in [3.05, 3.63) is 52.0 Å². The second kappa shape index (κ2) is 6.24. The van der Waals surface area contributed by atoms with E-state index < -0.39 is 11.9 Å². The van der Waals surface area contributed by atoms with Gasteiger partial charge in [-0.2, -0.15) is 5.10 Å². The Labute approximate surface area is 125 Å². The fourth-order valence-electron chi connectivity index (χ4n) is 1.78. The Morgan fingerprint density at radius 2 is 2.20 bits per heavy atom. The maximum absolute atomic E-state index is 13.4. The van der Waals surface area contributed by atoms with Crippen LogP contribution in [0.3, 0.4) is 0 Å². The zero-order chi connectivity index (χ0) is 14.7. The number of amides is 1. The van der Waals surface area contributed by atoms with Crippen LogP contribution in [0.1, 0.15) is 18.5 Å². The van der Waals surface area contributed by atoms with Gasteiger partial charge in [-0.25, -0.2) is 4.39 Å². The highest BCUT2D eigenvalue weighted by Crippen LogP contribution is 2.28. The first kappa shape index (κ1) is 14.8. The maximum Gasteiger partial charge on any atom is 0.242 e. The molecule has 0 radical (unpaired) electrons. The molecule has 1 N–H and O–H groups in total. The number of nitrogens with zero attached hydrogens (tertiary/aromatic N) is 2. The van der Waals surface area contributed by atoms with E-state index >= 15 is 0 Å². The van der Waals surface area contributed by atoms with Gasteiger partial charge in [0.2, 0.25) is 5.91 Å². The highest BCUT2D eigenvalue weighted by molar-refractivity contribution is 6.35. The van der Waals surface area contributed by atoms with Crippen LogP contribution in [-0.4, -0.2) is 15.7 Å². The zero-order valence-electron chi connectivity index (χ0n) is 10.6. The summed E-state index contributed by atoms with van der Waals surface area (Å²) in [6, 6.07) is 3.84. The van der Waals surface area contributed by atoms with Crippen molar-refractivity contribution in [1.82, 2.24) is 15.1 Å². The van der Waals surface area contributed by atoms with E-state index in [2.05, 4.69) is 10.4 Å². The third kappa shape index (κ3) is 3.49. The molecule has 7 heteroatoms. The normalized spacial score (nSPS) is 12.2. The van der Waals surface area contributed by atoms with Crippen LogP contribution in [0.15, 0.2) is 30.6 Å². The van der Waals surface area contributed by atoms with Crippen molar-refractivity contribution in [2.24, 2.45) is 0 Å². The lowest BCUT2D eigenvalue weighted by atomic mass is 10.1. The molecule has 0 aliphatic heterocycles. The summed E-state index contributed by atoms with van der Waals surface area (Å²) < 4.78 is 14.9. The Hall–Kier alpha value is -1.59. The van der Waals surface area contributed by atoms with E-state index in [9.17, 15) is 9.18 Å². The van der Waals surface area contributed by atoms with E-state index in [1.54, 1.807) is 25.4 Å². The number of carbonyl (C=O) groups excluding carboxylic acids is 1.